The van der Waals surface area contributed by atoms with Crippen LogP contribution in [0, 0.1) is 10.1 Å². The second-order valence-corrected chi connectivity index (χ2v) is 4.90. The molecule has 0 unspecified atom stereocenters. The fourth-order valence-electron chi connectivity index (χ4n) is 2.27. The van der Waals surface area contributed by atoms with Gasteiger partial charge in [0, 0.05) is 30.9 Å². The number of hydrogen-bond donors (Lipinski definition) is 3. The third-order valence-electron chi connectivity index (χ3n) is 3.48. The average Bonchev–Trinajstić information content (AvgIpc) is 2.59. The smallest absolute Gasteiger partial charge is 0.292 e. The zero-order valence-corrected chi connectivity index (χ0v) is 13.0. The SMILES string of the molecule is CNc1ccc(CNc2ccc(OC)c(CO)c2)cc1[N+](=O)[O-]. The maximum Gasteiger partial charge on any atom is 0.292 e. The van der Waals surface area contributed by atoms with Crippen LogP contribution in [0.5, 0.6) is 5.75 Å². The van der Waals surface area contributed by atoms with Gasteiger partial charge in [-0.25, -0.2) is 0 Å². The van der Waals surface area contributed by atoms with Crippen molar-refractivity contribution in [2.75, 3.05) is 24.8 Å². The van der Waals surface area contributed by atoms with Crippen molar-refractivity contribution in [3.05, 3.63) is 57.6 Å². The minimum absolute atomic E-state index is 0.0394. The van der Waals surface area contributed by atoms with Gasteiger partial charge in [-0.05, 0) is 29.8 Å². The van der Waals surface area contributed by atoms with Crippen LogP contribution in [0.25, 0.3) is 0 Å². The van der Waals surface area contributed by atoms with Crippen LogP contribution >= 0.6 is 0 Å². The average molecular weight is 317 g/mol. The molecule has 0 fully saturated rings. The Morgan fingerprint density at radius 1 is 1.26 bits per heavy atom. The van der Waals surface area contributed by atoms with Crippen molar-refractivity contribution >= 4 is 17.1 Å². The second-order valence-electron chi connectivity index (χ2n) is 4.90. The molecular formula is C16H19N3O4. The molecule has 0 saturated carbocycles. The third-order valence-corrected chi connectivity index (χ3v) is 3.48. The lowest BCUT2D eigenvalue weighted by molar-refractivity contribution is -0.384. The zero-order chi connectivity index (χ0) is 16.8. The zero-order valence-electron chi connectivity index (χ0n) is 13.0. The van der Waals surface area contributed by atoms with E-state index in [1.165, 1.54) is 6.07 Å². The predicted octanol–water partition coefficient (Wildman–Crippen LogP) is 2.75. The lowest BCUT2D eigenvalue weighted by atomic mass is 10.1. The van der Waals surface area contributed by atoms with E-state index in [1.807, 2.05) is 12.1 Å². The molecule has 2 aromatic rings. The van der Waals surface area contributed by atoms with Crippen LogP contribution in [-0.4, -0.2) is 24.2 Å². The molecule has 0 bridgehead atoms. The number of anilines is 2. The summed E-state index contributed by atoms with van der Waals surface area (Å²) in [6.45, 7) is 0.309. The van der Waals surface area contributed by atoms with E-state index >= 15 is 0 Å². The summed E-state index contributed by atoms with van der Waals surface area (Å²) in [6, 6.07) is 10.4. The summed E-state index contributed by atoms with van der Waals surface area (Å²) in [5.74, 6) is 0.618. The first-order chi connectivity index (χ1) is 11.1. The van der Waals surface area contributed by atoms with Gasteiger partial charge in [0.25, 0.3) is 5.69 Å². The van der Waals surface area contributed by atoms with Gasteiger partial charge in [-0.15, -0.1) is 0 Å². The number of ether oxygens (including phenoxy) is 1. The number of nitrogens with zero attached hydrogens (tertiary/aromatic N) is 1. The van der Waals surface area contributed by atoms with Gasteiger partial charge in [0.2, 0.25) is 0 Å². The minimum atomic E-state index is -0.410. The Morgan fingerprint density at radius 2 is 2.04 bits per heavy atom. The summed E-state index contributed by atoms with van der Waals surface area (Å²) in [4.78, 5) is 10.7. The topological polar surface area (TPSA) is 96.7 Å². The second kappa shape index (κ2) is 7.46. The van der Waals surface area contributed by atoms with E-state index in [9.17, 15) is 15.2 Å². The van der Waals surface area contributed by atoms with E-state index in [0.717, 1.165) is 11.3 Å². The van der Waals surface area contributed by atoms with E-state index in [4.69, 9.17) is 4.74 Å². The summed E-state index contributed by atoms with van der Waals surface area (Å²) in [6.07, 6.45) is 0. The van der Waals surface area contributed by atoms with Crippen molar-refractivity contribution in [2.24, 2.45) is 0 Å². The lowest BCUT2D eigenvalue weighted by Gasteiger charge is -2.11. The third kappa shape index (κ3) is 3.89. The summed E-state index contributed by atoms with van der Waals surface area (Å²) < 4.78 is 5.15. The fourth-order valence-corrected chi connectivity index (χ4v) is 2.27. The Balaban J connectivity index is 2.15. The van der Waals surface area contributed by atoms with E-state index in [0.29, 0.717) is 23.5 Å². The number of aliphatic hydroxyl groups excluding tert-OH is 1. The van der Waals surface area contributed by atoms with Crippen LogP contribution in [0.2, 0.25) is 0 Å². The van der Waals surface area contributed by atoms with Crippen LogP contribution in [0.1, 0.15) is 11.1 Å². The largest absolute Gasteiger partial charge is 0.496 e. The van der Waals surface area contributed by atoms with Gasteiger partial charge in [-0.1, -0.05) is 6.07 Å². The van der Waals surface area contributed by atoms with Crippen LogP contribution in [0.15, 0.2) is 36.4 Å². The van der Waals surface area contributed by atoms with Crippen LogP contribution in [0.3, 0.4) is 0 Å². The fraction of sp³-hybridized carbons (Fsp3) is 0.250. The van der Waals surface area contributed by atoms with E-state index in [1.54, 1.807) is 32.4 Å². The van der Waals surface area contributed by atoms with E-state index < -0.39 is 4.92 Å². The number of hydrogen-bond acceptors (Lipinski definition) is 6. The molecule has 0 atom stereocenters. The van der Waals surface area contributed by atoms with Gasteiger partial charge in [0.15, 0.2) is 0 Å². The highest BCUT2D eigenvalue weighted by Gasteiger charge is 2.13. The monoisotopic (exact) mass is 317 g/mol. The molecule has 0 aliphatic rings. The lowest BCUT2D eigenvalue weighted by Crippen LogP contribution is -2.03. The molecule has 0 aliphatic heterocycles. The van der Waals surface area contributed by atoms with Gasteiger partial charge in [0.05, 0.1) is 18.6 Å². The standard InChI is InChI=1S/C16H19N3O4/c1-17-14-5-3-11(7-15(14)19(21)22)9-18-13-4-6-16(23-2)12(8-13)10-20/h3-8,17-18,20H,9-10H2,1-2H3. The van der Waals surface area contributed by atoms with Crippen molar-refractivity contribution in [1.82, 2.24) is 0 Å². The number of rotatable bonds is 7. The molecule has 0 amide bonds. The molecule has 0 aliphatic carbocycles. The summed E-state index contributed by atoms with van der Waals surface area (Å²) >= 11 is 0. The molecule has 3 N–H and O–H groups in total. The molecule has 122 valence electrons. The first-order valence-electron chi connectivity index (χ1n) is 7.05. The molecule has 0 aromatic heterocycles. The number of methoxy groups -OCH3 is 1. The summed E-state index contributed by atoms with van der Waals surface area (Å²) in [5.41, 5.74) is 2.78. The first-order valence-corrected chi connectivity index (χ1v) is 7.05. The maximum atomic E-state index is 11.1. The normalized spacial score (nSPS) is 10.2. The van der Waals surface area contributed by atoms with Gasteiger partial charge < -0.3 is 20.5 Å². The van der Waals surface area contributed by atoms with Crippen molar-refractivity contribution < 1.29 is 14.8 Å². The molecule has 7 heteroatoms. The van der Waals surface area contributed by atoms with Gasteiger partial charge in [0.1, 0.15) is 11.4 Å². The molecule has 0 spiro atoms. The van der Waals surface area contributed by atoms with Crippen LogP contribution < -0.4 is 15.4 Å². The Kier molecular flexibility index (Phi) is 5.37. The Morgan fingerprint density at radius 3 is 2.65 bits per heavy atom. The quantitative estimate of drug-likeness (QED) is 0.537. The number of aliphatic hydroxyl groups is 1. The highest BCUT2D eigenvalue weighted by Crippen LogP contribution is 2.26. The molecule has 0 radical (unpaired) electrons. The van der Waals surface area contributed by atoms with E-state index in [2.05, 4.69) is 10.6 Å². The van der Waals surface area contributed by atoms with Gasteiger partial charge in [-0.3, -0.25) is 10.1 Å². The molecule has 23 heavy (non-hydrogen) atoms. The van der Waals surface area contributed by atoms with Crippen LogP contribution in [-0.2, 0) is 13.2 Å². The predicted molar refractivity (Wildman–Crippen MR) is 88.9 cm³/mol. The molecule has 0 saturated heterocycles. The van der Waals surface area contributed by atoms with Gasteiger partial charge in [-0.2, -0.15) is 0 Å². The van der Waals surface area contributed by atoms with Crippen molar-refractivity contribution in [2.45, 2.75) is 13.2 Å². The highest BCUT2D eigenvalue weighted by molar-refractivity contribution is 5.62. The number of nitrogens with one attached hydrogen (secondary N) is 2. The van der Waals surface area contributed by atoms with Gasteiger partial charge >= 0.3 is 0 Å². The molecule has 2 aromatic carbocycles. The molecular weight excluding hydrogens is 298 g/mol. The number of benzene rings is 2. The molecule has 0 heterocycles. The Bertz CT molecular complexity index is 704. The Labute approximate surface area is 134 Å². The van der Waals surface area contributed by atoms with Crippen molar-refractivity contribution in [3.8, 4) is 5.75 Å². The molecule has 7 nitrogen and oxygen atoms in total. The van der Waals surface area contributed by atoms with Crippen molar-refractivity contribution in [3.63, 3.8) is 0 Å². The van der Waals surface area contributed by atoms with Crippen LogP contribution in [0.4, 0.5) is 17.1 Å². The summed E-state index contributed by atoms with van der Waals surface area (Å²) in [7, 11) is 3.19. The number of nitro groups is 1. The first kappa shape index (κ1) is 16.6. The van der Waals surface area contributed by atoms with E-state index in [-0.39, 0.29) is 12.3 Å². The minimum Gasteiger partial charge on any atom is -0.496 e. The highest BCUT2D eigenvalue weighted by atomic mass is 16.6. The van der Waals surface area contributed by atoms with Crippen molar-refractivity contribution in [1.29, 1.82) is 0 Å². The molecule has 2 rings (SSSR count). The number of nitro benzene ring substituents is 1. The Hall–Kier alpha value is -2.80. The maximum absolute atomic E-state index is 11.1. The summed E-state index contributed by atoms with van der Waals surface area (Å²) in [5, 5.41) is 26.4.